The normalized spacial score (nSPS) is 22.3. The highest BCUT2D eigenvalue weighted by atomic mass is 16.1. The van der Waals surface area contributed by atoms with Crippen LogP contribution in [0.4, 0.5) is 0 Å². The van der Waals surface area contributed by atoms with Crippen LogP contribution in [-0.4, -0.2) is 45.2 Å². The predicted molar refractivity (Wildman–Crippen MR) is 90.1 cm³/mol. The SMILES string of the molecule is C#CCN1CCC(C(=O)NCc2nnc(C3CC3)n2C2CC2)CC1. The summed E-state index contributed by atoms with van der Waals surface area (Å²) in [6.45, 7) is 3.00. The van der Waals surface area contributed by atoms with E-state index in [0.29, 0.717) is 25.0 Å². The Hall–Kier alpha value is -1.87. The third kappa shape index (κ3) is 3.32. The highest BCUT2D eigenvalue weighted by Gasteiger charge is 2.36. The molecule has 1 saturated heterocycles. The molecule has 2 heterocycles. The molecule has 1 aromatic heterocycles. The van der Waals surface area contributed by atoms with E-state index >= 15 is 0 Å². The molecule has 128 valence electrons. The largest absolute Gasteiger partial charge is 0.349 e. The van der Waals surface area contributed by atoms with Crippen LogP contribution in [0.3, 0.4) is 0 Å². The van der Waals surface area contributed by atoms with Crippen LogP contribution in [0.25, 0.3) is 0 Å². The second-order valence-corrected chi connectivity index (χ2v) is 7.32. The van der Waals surface area contributed by atoms with Crippen molar-refractivity contribution in [3.63, 3.8) is 0 Å². The van der Waals surface area contributed by atoms with Crippen LogP contribution in [0.15, 0.2) is 0 Å². The van der Waals surface area contributed by atoms with Crippen molar-refractivity contribution in [2.45, 2.75) is 57.0 Å². The van der Waals surface area contributed by atoms with E-state index in [2.05, 4.69) is 30.9 Å². The fourth-order valence-electron chi connectivity index (χ4n) is 3.60. The van der Waals surface area contributed by atoms with E-state index in [4.69, 9.17) is 6.42 Å². The van der Waals surface area contributed by atoms with Crippen LogP contribution in [-0.2, 0) is 11.3 Å². The van der Waals surface area contributed by atoms with Gasteiger partial charge < -0.3 is 9.88 Å². The number of likely N-dealkylation sites (tertiary alicyclic amines) is 1. The topological polar surface area (TPSA) is 63.1 Å². The second kappa shape index (κ2) is 6.56. The lowest BCUT2D eigenvalue weighted by molar-refractivity contribution is -0.126. The predicted octanol–water partition coefficient (Wildman–Crippen LogP) is 1.45. The van der Waals surface area contributed by atoms with E-state index < -0.39 is 0 Å². The van der Waals surface area contributed by atoms with Gasteiger partial charge in [0.1, 0.15) is 5.82 Å². The van der Waals surface area contributed by atoms with E-state index in [1.165, 1.54) is 25.7 Å². The minimum absolute atomic E-state index is 0.0965. The van der Waals surface area contributed by atoms with Crippen LogP contribution >= 0.6 is 0 Å². The Morgan fingerprint density at radius 1 is 1.17 bits per heavy atom. The monoisotopic (exact) mass is 327 g/mol. The van der Waals surface area contributed by atoms with Crippen LogP contribution in [0.5, 0.6) is 0 Å². The van der Waals surface area contributed by atoms with Gasteiger partial charge in [-0.05, 0) is 51.6 Å². The van der Waals surface area contributed by atoms with Gasteiger partial charge in [-0.1, -0.05) is 5.92 Å². The molecule has 24 heavy (non-hydrogen) atoms. The lowest BCUT2D eigenvalue weighted by atomic mass is 9.96. The van der Waals surface area contributed by atoms with E-state index in [1.807, 2.05) is 0 Å². The zero-order valence-electron chi connectivity index (χ0n) is 14.1. The van der Waals surface area contributed by atoms with E-state index in [-0.39, 0.29) is 11.8 Å². The van der Waals surface area contributed by atoms with Crippen molar-refractivity contribution in [1.82, 2.24) is 25.0 Å². The van der Waals surface area contributed by atoms with Gasteiger partial charge in [0.25, 0.3) is 0 Å². The number of carbonyl (C=O) groups is 1. The molecule has 1 aliphatic heterocycles. The lowest BCUT2D eigenvalue weighted by Gasteiger charge is -2.29. The molecule has 0 radical (unpaired) electrons. The van der Waals surface area contributed by atoms with Crippen molar-refractivity contribution >= 4 is 5.91 Å². The molecule has 6 heteroatoms. The summed E-state index contributed by atoms with van der Waals surface area (Å²) in [6.07, 6.45) is 12.0. The number of hydrogen-bond acceptors (Lipinski definition) is 4. The maximum atomic E-state index is 12.5. The number of rotatable bonds is 6. The number of carbonyl (C=O) groups excluding carboxylic acids is 1. The fraction of sp³-hybridized carbons (Fsp3) is 0.722. The molecule has 0 spiro atoms. The number of nitrogens with one attached hydrogen (secondary N) is 1. The third-order valence-corrected chi connectivity index (χ3v) is 5.34. The Morgan fingerprint density at radius 2 is 1.92 bits per heavy atom. The first-order valence-corrected chi connectivity index (χ1v) is 9.13. The molecule has 0 aromatic carbocycles. The highest BCUT2D eigenvalue weighted by Crippen LogP contribution is 2.44. The van der Waals surface area contributed by atoms with Crippen molar-refractivity contribution in [3.05, 3.63) is 11.6 Å². The Morgan fingerprint density at radius 3 is 2.54 bits per heavy atom. The standard InChI is InChI=1S/C18H25N5O/c1-2-9-22-10-7-14(8-11-22)18(24)19-12-16-20-21-17(13-3-4-13)23(16)15-5-6-15/h1,13-15H,3-12H2,(H,19,24). The van der Waals surface area contributed by atoms with Gasteiger partial charge in [-0.3, -0.25) is 9.69 Å². The van der Waals surface area contributed by atoms with Gasteiger partial charge in [-0.25, -0.2) is 0 Å². The van der Waals surface area contributed by atoms with Gasteiger partial charge in [0.05, 0.1) is 13.1 Å². The quantitative estimate of drug-likeness (QED) is 0.804. The molecule has 2 aliphatic carbocycles. The summed E-state index contributed by atoms with van der Waals surface area (Å²) in [4.78, 5) is 14.7. The Bertz CT molecular complexity index is 645. The number of terminal acetylenes is 1. The van der Waals surface area contributed by atoms with E-state index in [0.717, 1.165) is 37.6 Å². The Labute approximate surface area is 143 Å². The Balaban J connectivity index is 1.32. The highest BCUT2D eigenvalue weighted by molar-refractivity contribution is 5.78. The summed E-state index contributed by atoms with van der Waals surface area (Å²) in [5, 5.41) is 11.8. The maximum Gasteiger partial charge on any atom is 0.223 e. The number of piperidine rings is 1. The number of nitrogens with zero attached hydrogens (tertiary/aromatic N) is 4. The minimum atomic E-state index is 0.0965. The van der Waals surface area contributed by atoms with Crippen LogP contribution in [0.1, 0.15) is 62.1 Å². The molecule has 6 nitrogen and oxygen atoms in total. The third-order valence-electron chi connectivity index (χ3n) is 5.34. The first-order chi connectivity index (χ1) is 11.8. The molecule has 0 bridgehead atoms. The van der Waals surface area contributed by atoms with Crippen molar-refractivity contribution in [1.29, 1.82) is 0 Å². The molecule has 3 fully saturated rings. The molecule has 4 rings (SSSR count). The van der Waals surface area contributed by atoms with Gasteiger partial charge in [-0.15, -0.1) is 16.6 Å². The lowest BCUT2D eigenvalue weighted by Crippen LogP contribution is -2.40. The van der Waals surface area contributed by atoms with Gasteiger partial charge in [0.15, 0.2) is 5.82 Å². The van der Waals surface area contributed by atoms with Crippen LogP contribution < -0.4 is 5.32 Å². The summed E-state index contributed by atoms with van der Waals surface area (Å²) >= 11 is 0. The smallest absolute Gasteiger partial charge is 0.223 e. The molecule has 1 N–H and O–H groups in total. The Kier molecular flexibility index (Phi) is 4.28. The van der Waals surface area contributed by atoms with Gasteiger partial charge >= 0.3 is 0 Å². The fourth-order valence-corrected chi connectivity index (χ4v) is 3.60. The van der Waals surface area contributed by atoms with Crippen LogP contribution in [0, 0.1) is 18.3 Å². The second-order valence-electron chi connectivity index (χ2n) is 7.32. The summed E-state index contributed by atoms with van der Waals surface area (Å²) < 4.78 is 2.30. The van der Waals surface area contributed by atoms with Gasteiger partial charge in [0, 0.05) is 17.9 Å². The van der Waals surface area contributed by atoms with E-state index in [9.17, 15) is 4.79 Å². The molecular weight excluding hydrogens is 302 g/mol. The number of amides is 1. The first kappa shape index (κ1) is 15.6. The van der Waals surface area contributed by atoms with E-state index in [1.54, 1.807) is 0 Å². The minimum Gasteiger partial charge on any atom is -0.349 e. The molecule has 0 atom stereocenters. The molecule has 2 saturated carbocycles. The molecule has 1 amide bonds. The average molecular weight is 327 g/mol. The van der Waals surface area contributed by atoms with Crippen molar-refractivity contribution in [2.75, 3.05) is 19.6 Å². The van der Waals surface area contributed by atoms with Gasteiger partial charge in [0.2, 0.25) is 5.91 Å². The van der Waals surface area contributed by atoms with Gasteiger partial charge in [-0.2, -0.15) is 0 Å². The summed E-state index contributed by atoms with van der Waals surface area (Å²) in [7, 11) is 0. The first-order valence-electron chi connectivity index (χ1n) is 9.13. The zero-order chi connectivity index (χ0) is 16.5. The van der Waals surface area contributed by atoms with Crippen molar-refractivity contribution in [2.24, 2.45) is 5.92 Å². The van der Waals surface area contributed by atoms with Crippen LogP contribution in [0.2, 0.25) is 0 Å². The number of hydrogen-bond donors (Lipinski definition) is 1. The summed E-state index contributed by atoms with van der Waals surface area (Å²) in [6, 6.07) is 0.564. The average Bonchev–Trinajstić information content (AvgIpc) is 3.52. The summed E-state index contributed by atoms with van der Waals surface area (Å²) in [5.41, 5.74) is 0. The van der Waals surface area contributed by atoms with Crippen molar-refractivity contribution < 1.29 is 4.79 Å². The van der Waals surface area contributed by atoms with Crippen molar-refractivity contribution in [3.8, 4) is 12.3 Å². The number of aromatic nitrogens is 3. The zero-order valence-corrected chi connectivity index (χ0v) is 14.1. The molecule has 3 aliphatic rings. The molecule has 0 unspecified atom stereocenters. The summed E-state index contributed by atoms with van der Waals surface area (Å²) in [5.74, 6) is 5.59. The molecular formula is C18H25N5O. The maximum absolute atomic E-state index is 12.5. The molecule has 1 aromatic rings.